The molecule has 2 aromatic carbocycles. The molecule has 15 heteroatoms. The van der Waals surface area contributed by atoms with Crippen molar-refractivity contribution in [3.05, 3.63) is 112 Å². The summed E-state index contributed by atoms with van der Waals surface area (Å²) in [7, 11) is 1.92. The number of anilines is 6. The van der Waals surface area contributed by atoms with E-state index in [1.807, 2.05) is 60.5 Å². The molecule has 1 saturated carbocycles. The van der Waals surface area contributed by atoms with Crippen molar-refractivity contribution in [3.63, 3.8) is 0 Å². The van der Waals surface area contributed by atoms with Crippen LogP contribution in [-0.2, 0) is 13.6 Å². The summed E-state index contributed by atoms with van der Waals surface area (Å²) in [5, 5.41) is 23.5. The van der Waals surface area contributed by atoms with Crippen molar-refractivity contribution in [2.75, 3.05) is 34.4 Å². The number of fused-ring (bicyclic) bond motifs is 2. The van der Waals surface area contributed by atoms with E-state index >= 15 is 0 Å². The number of nitrogens with one attached hydrogen (secondary N) is 6. The molecule has 1 fully saturated rings. The summed E-state index contributed by atoms with van der Waals surface area (Å²) < 4.78 is 3.54. The topological polar surface area (TPSA) is 158 Å². The van der Waals surface area contributed by atoms with E-state index in [1.165, 1.54) is 42.2 Å². The van der Waals surface area contributed by atoms with Crippen LogP contribution < -0.4 is 26.6 Å². The molecule has 292 valence electrons. The van der Waals surface area contributed by atoms with Gasteiger partial charge in [-0.2, -0.15) is 15.1 Å². The SMILES string of the molecule is CC1CCC(Nc2nc(Nc3ccc4[nH]cc(C5=CCNCC5)c4c3)ncc2Br)CC1.Cn1ncc2cc(Nc3ncc(Br)c(NCc4ccccn4)n3)ccc21. The van der Waals surface area contributed by atoms with Gasteiger partial charge in [-0.15, -0.1) is 0 Å². The molecule has 2 aliphatic rings. The van der Waals surface area contributed by atoms with Gasteiger partial charge in [0.2, 0.25) is 11.9 Å². The average Bonchev–Trinajstić information content (AvgIpc) is 3.83. The Kier molecular flexibility index (Phi) is 12.0. The van der Waals surface area contributed by atoms with Crippen LogP contribution >= 0.6 is 31.9 Å². The minimum Gasteiger partial charge on any atom is -0.366 e. The second-order valence-corrected chi connectivity index (χ2v) is 16.2. The first-order valence-electron chi connectivity index (χ1n) is 19.3. The lowest BCUT2D eigenvalue weighted by Gasteiger charge is -2.27. The van der Waals surface area contributed by atoms with Crippen LogP contribution in [0.1, 0.15) is 50.3 Å². The van der Waals surface area contributed by atoms with E-state index in [0.29, 0.717) is 30.3 Å². The quantitative estimate of drug-likeness (QED) is 0.0777. The van der Waals surface area contributed by atoms with Gasteiger partial charge in [-0.3, -0.25) is 9.67 Å². The first kappa shape index (κ1) is 38.5. The van der Waals surface area contributed by atoms with E-state index < -0.39 is 0 Å². The molecular formula is C42H45Br2N13. The summed E-state index contributed by atoms with van der Waals surface area (Å²) in [5.41, 5.74) is 7.73. The number of aromatic nitrogens is 8. The van der Waals surface area contributed by atoms with E-state index in [-0.39, 0.29) is 0 Å². The van der Waals surface area contributed by atoms with E-state index in [4.69, 9.17) is 4.98 Å². The highest BCUT2D eigenvalue weighted by atomic mass is 79.9. The van der Waals surface area contributed by atoms with Gasteiger partial charge in [-0.05, 0) is 131 Å². The van der Waals surface area contributed by atoms with Crippen molar-refractivity contribution < 1.29 is 0 Å². The highest BCUT2D eigenvalue weighted by molar-refractivity contribution is 9.11. The summed E-state index contributed by atoms with van der Waals surface area (Å²) in [6, 6.07) is 18.7. The van der Waals surface area contributed by atoms with E-state index in [9.17, 15) is 0 Å². The maximum atomic E-state index is 4.75. The molecule has 5 aromatic heterocycles. The largest absolute Gasteiger partial charge is 0.366 e. The zero-order chi connectivity index (χ0) is 39.1. The number of halogens is 2. The van der Waals surface area contributed by atoms with Gasteiger partial charge in [0.05, 0.1) is 32.9 Å². The number of aryl methyl sites for hydroxylation is 1. The Bertz CT molecular complexity index is 2490. The molecule has 13 nitrogen and oxygen atoms in total. The van der Waals surface area contributed by atoms with Crippen LogP contribution in [0.25, 0.3) is 27.4 Å². The fraction of sp³-hybridized carbons (Fsp3) is 0.286. The van der Waals surface area contributed by atoms with Crippen LogP contribution in [0, 0.1) is 5.92 Å². The summed E-state index contributed by atoms with van der Waals surface area (Å²) in [6.45, 7) is 4.88. The smallest absolute Gasteiger partial charge is 0.229 e. The zero-order valence-corrected chi connectivity index (χ0v) is 35.0. The Morgan fingerprint density at radius 1 is 0.842 bits per heavy atom. The van der Waals surface area contributed by atoms with Gasteiger partial charge in [0.1, 0.15) is 11.6 Å². The lowest BCUT2D eigenvalue weighted by molar-refractivity contribution is 0.360. The normalized spacial score (nSPS) is 16.7. The Balaban J connectivity index is 0.000000162. The van der Waals surface area contributed by atoms with Crippen LogP contribution in [0.4, 0.5) is 34.9 Å². The van der Waals surface area contributed by atoms with E-state index in [1.54, 1.807) is 12.4 Å². The van der Waals surface area contributed by atoms with Gasteiger partial charge >= 0.3 is 0 Å². The fourth-order valence-corrected chi connectivity index (χ4v) is 7.82. The average molecular weight is 892 g/mol. The van der Waals surface area contributed by atoms with Crippen molar-refractivity contribution in [2.45, 2.75) is 51.6 Å². The third-order valence-electron chi connectivity index (χ3n) is 10.4. The lowest BCUT2D eigenvalue weighted by Crippen LogP contribution is -2.26. The van der Waals surface area contributed by atoms with Crippen molar-refractivity contribution in [2.24, 2.45) is 13.0 Å². The van der Waals surface area contributed by atoms with Crippen LogP contribution in [0.15, 0.2) is 101 Å². The molecule has 0 spiro atoms. The van der Waals surface area contributed by atoms with E-state index in [0.717, 1.165) is 73.7 Å². The van der Waals surface area contributed by atoms with Crippen LogP contribution in [-0.4, -0.2) is 58.8 Å². The molecule has 9 rings (SSSR count). The van der Waals surface area contributed by atoms with Crippen LogP contribution in [0.2, 0.25) is 0 Å². The zero-order valence-electron chi connectivity index (χ0n) is 31.9. The lowest BCUT2D eigenvalue weighted by atomic mass is 9.87. The highest BCUT2D eigenvalue weighted by Gasteiger charge is 2.20. The molecule has 0 bridgehead atoms. The van der Waals surface area contributed by atoms with Gasteiger partial charge < -0.3 is 31.6 Å². The monoisotopic (exact) mass is 889 g/mol. The number of aromatic amines is 1. The van der Waals surface area contributed by atoms with Crippen LogP contribution in [0.5, 0.6) is 0 Å². The number of hydrogen-bond acceptors (Lipinski definition) is 11. The predicted molar refractivity (Wildman–Crippen MR) is 237 cm³/mol. The Hall–Kier alpha value is -5.38. The first-order chi connectivity index (χ1) is 27.8. The molecule has 0 amide bonds. The van der Waals surface area contributed by atoms with Crippen LogP contribution in [0.3, 0.4) is 0 Å². The number of rotatable bonds is 10. The van der Waals surface area contributed by atoms with E-state index in [2.05, 4.69) is 126 Å². The minimum atomic E-state index is 0.479. The maximum absolute atomic E-state index is 4.75. The molecule has 1 aliphatic carbocycles. The third-order valence-corrected chi connectivity index (χ3v) is 11.5. The second kappa shape index (κ2) is 17.8. The second-order valence-electron chi connectivity index (χ2n) is 14.5. The summed E-state index contributed by atoms with van der Waals surface area (Å²) >= 11 is 7.08. The highest BCUT2D eigenvalue weighted by Crippen LogP contribution is 2.32. The fourth-order valence-electron chi connectivity index (χ4n) is 7.19. The summed E-state index contributed by atoms with van der Waals surface area (Å²) in [5.74, 6) is 3.52. The molecule has 0 radical (unpaired) electrons. The number of nitrogens with zero attached hydrogens (tertiary/aromatic N) is 7. The number of benzene rings is 2. The predicted octanol–water partition coefficient (Wildman–Crippen LogP) is 9.71. The Labute approximate surface area is 348 Å². The Morgan fingerprint density at radius 2 is 1.60 bits per heavy atom. The van der Waals surface area contributed by atoms with Gasteiger partial charge in [-0.1, -0.05) is 19.1 Å². The van der Waals surface area contributed by atoms with Gasteiger partial charge in [0, 0.05) is 77.6 Å². The number of H-pyrrole nitrogens is 1. The Morgan fingerprint density at radius 3 is 2.35 bits per heavy atom. The minimum absolute atomic E-state index is 0.479. The molecule has 0 saturated heterocycles. The molecule has 6 N–H and O–H groups in total. The maximum Gasteiger partial charge on any atom is 0.229 e. The van der Waals surface area contributed by atoms with Gasteiger partial charge in [-0.25, -0.2) is 9.97 Å². The molecule has 6 heterocycles. The molecule has 57 heavy (non-hydrogen) atoms. The van der Waals surface area contributed by atoms with Crippen molar-refractivity contribution in [1.82, 2.24) is 45.0 Å². The standard InChI is InChI=1S/C24H29BrN6.C18H16BrN7/c1-15-2-4-17(5-3-15)29-23-21(25)14-28-24(31-23)30-18-6-7-22-19(12-18)20(13-27-22)16-8-10-26-11-9-16;1-26-16-6-5-13(8-12(16)9-23-26)24-18-22-11-15(19)17(25-18)21-10-14-4-2-3-7-20-14/h6-8,12-15,17,26-27H,2-5,9-11H2,1H3,(H2,28,29,30,31);2-9,11H,10H2,1H3,(H2,21,22,24,25). The van der Waals surface area contributed by atoms with Crippen molar-refractivity contribution in [1.29, 1.82) is 0 Å². The first-order valence-corrected chi connectivity index (χ1v) is 20.9. The number of pyridine rings is 1. The molecule has 0 unspecified atom stereocenters. The third kappa shape index (κ3) is 9.60. The summed E-state index contributed by atoms with van der Waals surface area (Å²) in [4.78, 5) is 25.8. The van der Waals surface area contributed by atoms with Crippen molar-refractivity contribution in [3.8, 4) is 0 Å². The van der Waals surface area contributed by atoms with Crippen molar-refractivity contribution >= 4 is 94.1 Å². The molecule has 0 atom stereocenters. The molecule has 1 aliphatic heterocycles. The molecule has 7 aromatic rings. The summed E-state index contributed by atoms with van der Waals surface area (Å²) in [6.07, 6.45) is 17.5. The molecular weight excluding hydrogens is 846 g/mol. The number of hydrogen-bond donors (Lipinski definition) is 6. The van der Waals surface area contributed by atoms with Gasteiger partial charge in [0.15, 0.2) is 0 Å². The van der Waals surface area contributed by atoms with Gasteiger partial charge in [0.25, 0.3) is 0 Å².